The van der Waals surface area contributed by atoms with Crippen molar-refractivity contribution in [2.45, 2.75) is 20.1 Å². The van der Waals surface area contributed by atoms with Crippen molar-refractivity contribution in [2.24, 2.45) is 0 Å². The normalized spacial score (nSPS) is 11.0. The van der Waals surface area contributed by atoms with Crippen molar-refractivity contribution in [2.75, 3.05) is 12.3 Å². The standard InChI is InChI=1S/C15H18N6O/c1-2-17-7-10-3-5-11(6-4-10)8-22-14-12-13(19-9-18-12)20-15(16)21-14/h3-6,9,17H,2,7-8H2,1H3,(H3,16,18,19,20,21). The van der Waals surface area contributed by atoms with E-state index in [9.17, 15) is 0 Å². The number of H-pyrrole nitrogens is 1. The smallest absolute Gasteiger partial charge is 0.245 e. The highest BCUT2D eigenvalue weighted by Crippen LogP contribution is 2.20. The summed E-state index contributed by atoms with van der Waals surface area (Å²) in [5.41, 5.74) is 9.11. The molecule has 2 aromatic heterocycles. The third kappa shape index (κ3) is 3.15. The van der Waals surface area contributed by atoms with Crippen molar-refractivity contribution in [3.63, 3.8) is 0 Å². The number of fused-ring (bicyclic) bond motifs is 1. The van der Waals surface area contributed by atoms with Gasteiger partial charge in [0.05, 0.1) is 6.33 Å². The van der Waals surface area contributed by atoms with Crippen molar-refractivity contribution in [3.05, 3.63) is 41.7 Å². The van der Waals surface area contributed by atoms with Gasteiger partial charge in [-0.3, -0.25) is 0 Å². The van der Waals surface area contributed by atoms with E-state index in [4.69, 9.17) is 10.5 Å². The highest BCUT2D eigenvalue weighted by atomic mass is 16.5. The number of ether oxygens (including phenoxy) is 1. The number of nitrogens with zero attached hydrogens (tertiary/aromatic N) is 3. The van der Waals surface area contributed by atoms with Gasteiger partial charge in [-0.25, -0.2) is 4.98 Å². The summed E-state index contributed by atoms with van der Waals surface area (Å²) >= 11 is 0. The van der Waals surface area contributed by atoms with Crippen molar-refractivity contribution < 1.29 is 4.74 Å². The van der Waals surface area contributed by atoms with E-state index in [0.717, 1.165) is 18.7 Å². The van der Waals surface area contributed by atoms with Crippen LogP contribution in [0, 0.1) is 0 Å². The molecule has 0 saturated heterocycles. The lowest BCUT2D eigenvalue weighted by atomic mass is 10.1. The van der Waals surface area contributed by atoms with Crippen LogP contribution < -0.4 is 15.8 Å². The van der Waals surface area contributed by atoms with E-state index < -0.39 is 0 Å². The molecule has 0 aliphatic heterocycles. The number of benzene rings is 1. The molecule has 22 heavy (non-hydrogen) atoms. The summed E-state index contributed by atoms with van der Waals surface area (Å²) in [7, 11) is 0. The van der Waals surface area contributed by atoms with E-state index in [1.54, 1.807) is 6.33 Å². The number of aromatic amines is 1. The lowest BCUT2D eigenvalue weighted by molar-refractivity contribution is 0.297. The van der Waals surface area contributed by atoms with Crippen LogP contribution in [0.1, 0.15) is 18.1 Å². The van der Waals surface area contributed by atoms with E-state index in [1.807, 2.05) is 12.1 Å². The van der Waals surface area contributed by atoms with Gasteiger partial charge in [-0.05, 0) is 17.7 Å². The van der Waals surface area contributed by atoms with Gasteiger partial charge in [0, 0.05) is 6.54 Å². The number of hydrogen-bond acceptors (Lipinski definition) is 6. The minimum atomic E-state index is 0.149. The number of hydrogen-bond donors (Lipinski definition) is 3. The van der Waals surface area contributed by atoms with E-state index in [-0.39, 0.29) is 5.95 Å². The average molecular weight is 298 g/mol. The molecule has 0 bridgehead atoms. The van der Waals surface area contributed by atoms with Crippen LogP contribution in [0.5, 0.6) is 5.88 Å². The molecule has 7 heteroatoms. The predicted octanol–water partition coefficient (Wildman–Crippen LogP) is 1.62. The van der Waals surface area contributed by atoms with Crippen LogP contribution in [0.3, 0.4) is 0 Å². The molecular weight excluding hydrogens is 280 g/mol. The maximum atomic E-state index is 5.75. The highest BCUT2D eigenvalue weighted by molar-refractivity contribution is 5.76. The molecule has 7 nitrogen and oxygen atoms in total. The second-order valence-corrected chi connectivity index (χ2v) is 4.87. The third-order valence-electron chi connectivity index (χ3n) is 3.25. The number of aromatic nitrogens is 4. The summed E-state index contributed by atoms with van der Waals surface area (Å²) in [6.07, 6.45) is 1.54. The zero-order valence-corrected chi connectivity index (χ0v) is 12.3. The summed E-state index contributed by atoms with van der Waals surface area (Å²) in [5, 5.41) is 3.29. The Morgan fingerprint density at radius 1 is 1.18 bits per heavy atom. The molecule has 0 aliphatic rings. The van der Waals surface area contributed by atoms with E-state index >= 15 is 0 Å². The van der Waals surface area contributed by atoms with Gasteiger partial charge in [-0.1, -0.05) is 31.2 Å². The largest absolute Gasteiger partial charge is 0.471 e. The van der Waals surface area contributed by atoms with Gasteiger partial charge in [0.15, 0.2) is 5.65 Å². The molecular formula is C15H18N6O. The Hall–Kier alpha value is -2.67. The number of nitrogens with two attached hydrogens (primary N) is 1. The van der Waals surface area contributed by atoms with Gasteiger partial charge in [-0.15, -0.1) is 0 Å². The van der Waals surface area contributed by atoms with Gasteiger partial charge in [0.25, 0.3) is 0 Å². The van der Waals surface area contributed by atoms with Crippen molar-refractivity contribution in [1.82, 2.24) is 25.3 Å². The van der Waals surface area contributed by atoms with Gasteiger partial charge < -0.3 is 20.8 Å². The minimum Gasteiger partial charge on any atom is -0.471 e. The molecule has 0 aliphatic carbocycles. The Morgan fingerprint density at radius 3 is 2.73 bits per heavy atom. The Kier molecular flexibility index (Phi) is 4.15. The molecule has 0 saturated carbocycles. The molecule has 0 radical (unpaired) electrons. The predicted molar refractivity (Wildman–Crippen MR) is 84.3 cm³/mol. The summed E-state index contributed by atoms with van der Waals surface area (Å²) in [6, 6.07) is 8.26. The first kappa shape index (κ1) is 14.3. The fourth-order valence-electron chi connectivity index (χ4n) is 2.10. The fourth-order valence-corrected chi connectivity index (χ4v) is 2.10. The average Bonchev–Trinajstić information content (AvgIpc) is 3.00. The lowest BCUT2D eigenvalue weighted by Gasteiger charge is -2.08. The Bertz CT molecular complexity index is 752. The number of anilines is 1. The van der Waals surface area contributed by atoms with E-state index in [2.05, 4.69) is 44.3 Å². The molecule has 0 unspecified atom stereocenters. The zero-order chi connectivity index (χ0) is 15.4. The molecule has 1 aromatic carbocycles. The molecule has 3 rings (SSSR count). The van der Waals surface area contributed by atoms with Crippen LogP contribution in [0.4, 0.5) is 5.95 Å². The van der Waals surface area contributed by atoms with Crippen LogP contribution in [0.25, 0.3) is 11.2 Å². The van der Waals surface area contributed by atoms with Gasteiger partial charge in [0.2, 0.25) is 11.8 Å². The molecule has 0 amide bonds. The monoisotopic (exact) mass is 298 g/mol. The maximum Gasteiger partial charge on any atom is 0.245 e. The summed E-state index contributed by atoms with van der Waals surface area (Å²) in [4.78, 5) is 15.2. The molecule has 0 fully saturated rings. The quantitative estimate of drug-likeness (QED) is 0.639. The first-order valence-electron chi connectivity index (χ1n) is 7.14. The fraction of sp³-hybridized carbons (Fsp3) is 0.267. The van der Waals surface area contributed by atoms with Crippen LogP contribution in [-0.2, 0) is 13.2 Å². The van der Waals surface area contributed by atoms with Crippen molar-refractivity contribution in [1.29, 1.82) is 0 Å². The van der Waals surface area contributed by atoms with Gasteiger partial charge in [-0.2, -0.15) is 9.97 Å². The Morgan fingerprint density at radius 2 is 1.95 bits per heavy atom. The molecule has 0 spiro atoms. The Labute approximate surface area is 128 Å². The minimum absolute atomic E-state index is 0.149. The van der Waals surface area contributed by atoms with Gasteiger partial charge in [0.1, 0.15) is 12.1 Å². The lowest BCUT2D eigenvalue weighted by Crippen LogP contribution is -2.11. The van der Waals surface area contributed by atoms with Crippen LogP contribution in [0.15, 0.2) is 30.6 Å². The van der Waals surface area contributed by atoms with Crippen LogP contribution in [0.2, 0.25) is 0 Å². The molecule has 3 aromatic rings. The summed E-state index contributed by atoms with van der Waals surface area (Å²) in [5.74, 6) is 0.562. The number of nitrogens with one attached hydrogen (secondary N) is 2. The first-order chi connectivity index (χ1) is 10.8. The summed E-state index contributed by atoms with van der Waals surface area (Å²) < 4.78 is 5.75. The Balaban J connectivity index is 1.70. The second-order valence-electron chi connectivity index (χ2n) is 4.87. The van der Waals surface area contributed by atoms with Crippen molar-refractivity contribution >= 4 is 17.1 Å². The second kappa shape index (κ2) is 6.40. The highest BCUT2D eigenvalue weighted by Gasteiger charge is 2.09. The van der Waals surface area contributed by atoms with Gasteiger partial charge >= 0.3 is 0 Å². The first-order valence-corrected chi connectivity index (χ1v) is 7.14. The molecule has 4 N–H and O–H groups in total. The maximum absolute atomic E-state index is 5.75. The molecule has 0 atom stereocenters. The van der Waals surface area contributed by atoms with E-state index in [0.29, 0.717) is 23.7 Å². The SMILES string of the molecule is CCNCc1ccc(COc2nc(N)nc3nc[nH]c23)cc1. The zero-order valence-electron chi connectivity index (χ0n) is 12.3. The number of imidazole rings is 1. The number of rotatable bonds is 6. The van der Waals surface area contributed by atoms with E-state index in [1.165, 1.54) is 5.56 Å². The summed E-state index contributed by atoms with van der Waals surface area (Å²) in [6.45, 7) is 4.33. The molecule has 2 heterocycles. The number of nitrogen functional groups attached to an aromatic ring is 1. The molecule has 114 valence electrons. The van der Waals surface area contributed by atoms with Crippen LogP contribution in [-0.4, -0.2) is 26.5 Å². The van der Waals surface area contributed by atoms with Crippen LogP contribution >= 0.6 is 0 Å². The third-order valence-corrected chi connectivity index (χ3v) is 3.25. The van der Waals surface area contributed by atoms with Crippen molar-refractivity contribution in [3.8, 4) is 5.88 Å². The topological polar surface area (TPSA) is 102 Å².